The van der Waals surface area contributed by atoms with Crippen molar-refractivity contribution in [2.75, 3.05) is 13.2 Å². The van der Waals surface area contributed by atoms with Crippen molar-refractivity contribution >= 4 is 12.0 Å². The topological polar surface area (TPSA) is 78.9 Å². The van der Waals surface area contributed by atoms with Gasteiger partial charge in [0.15, 0.2) is 0 Å². The number of hydrogen-bond acceptors (Lipinski definition) is 4. The van der Waals surface area contributed by atoms with Gasteiger partial charge < -0.3 is 20.1 Å². The molecule has 24 heavy (non-hydrogen) atoms. The molecule has 2 atom stereocenters. The first-order valence-electron chi connectivity index (χ1n) is 8.20. The van der Waals surface area contributed by atoms with Crippen molar-refractivity contribution in [3.05, 3.63) is 35.9 Å². The lowest BCUT2D eigenvalue weighted by molar-refractivity contribution is -0.128. The first kappa shape index (κ1) is 18.3. The van der Waals surface area contributed by atoms with Gasteiger partial charge in [0.2, 0.25) is 5.91 Å². The van der Waals surface area contributed by atoms with Gasteiger partial charge in [-0.25, -0.2) is 4.79 Å². The number of carbonyl (C=O) groups excluding carboxylic acids is 2. The molecule has 0 aliphatic carbocycles. The molecule has 132 valence electrons. The minimum absolute atomic E-state index is 0.0355. The van der Waals surface area contributed by atoms with Crippen LogP contribution in [0.15, 0.2) is 30.3 Å². The number of nitrogens with zero attached hydrogens (tertiary/aromatic N) is 1. The summed E-state index contributed by atoms with van der Waals surface area (Å²) in [7, 11) is 0. The van der Waals surface area contributed by atoms with E-state index in [-0.39, 0.29) is 18.4 Å². The third-order valence-corrected chi connectivity index (χ3v) is 3.93. The molecule has 6 heteroatoms. The van der Waals surface area contributed by atoms with Gasteiger partial charge in [-0.2, -0.15) is 0 Å². The van der Waals surface area contributed by atoms with Crippen LogP contribution in [0.4, 0.5) is 4.79 Å². The van der Waals surface area contributed by atoms with Crippen molar-refractivity contribution in [1.82, 2.24) is 10.2 Å². The molecule has 2 amide bonds. The number of hydrogen-bond donors (Lipinski definition) is 2. The van der Waals surface area contributed by atoms with Crippen LogP contribution in [0.5, 0.6) is 0 Å². The average molecular weight is 334 g/mol. The van der Waals surface area contributed by atoms with Crippen LogP contribution in [-0.2, 0) is 16.1 Å². The Bertz CT molecular complexity index is 568. The Labute approximate surface area is 142 Å². The smallest absolute Gasteiger partial charge is 0.407 e. The maximum Gasteiger partial charge on any atom is 0.407 e. The molecule has 1 aliphatic rings. The van der Waals surface area contributed by atoms with Gasteiger partial charge in [-0.1, -0.05) is 30.3 Å². The number of carbonyl (C=O) groups is 2. The summed E-state index contributed by atoms with van der Waals surface area (Å²) in [5, 5.41) is 12.3. The highest BCUT2D eigenvalue weighted by Crippen LogP contribution is 2.23. The molecule has 2 rings (SSSR count). The normalized spacial score (nSPS) is 19.2. The lowest BCUT2D eigenvalue weighted by Crippen LogP contribution is -2.45. The van der Waals surface area contributed by atoms with E-state index in [1.807, 2.05) is 30.3 Å². The SMILES string of the molecule is CC(C)(C)OC(=O)NC(CO)[C@H]1CC(=O)N(Cc2ccccc2)C1. The highest BCUT2D eigenvalue weighted by molar-refractivity contribution is 5.79. The fourth-order valence-electron chi connectivity index (χ4n) is 2.80. The molecular weight excluding hydrogens is 308 g/mol. The largest absolute Gasteiger partial charge is 0.444 e. The van der Waals surface area contributed by atoms with Gasteiger partial charge in [0, 0.05) is 25.4 Å². The van der Waals surface area contributed by atoms with Crippen LogP contribution in [0.1, 0.15) is 32.8 Å². The van der Waals surface area contributed by atoms with Crippen molar-refractivity contribution in [2.24, 2.45) is 5.92 Å². The Hall–Kier alpha value is -2.08. The third kappa shape index (κ3) is 5.23. The van der Waals surface area contributed by atoms with Crippen molar-refractivity contribution in [2.45, 2.75) is 45.4 Å². The highest BCUT2D eigenvalue weighted by Gasteiger charge is 2.35. The van der Waals surface area contributed by atoms with E-state index in [0.717, 1.165) is 5.56 Å². The van der Waals surface area contributed by atoms with E-state index >= 15 is 0 Å². The molecule has 1 aromatic rings. The van der Waals surface area contributed by atoms with Gasteiger partial charge in [0.25, 0.3) is 0 Å². The maximum absolute atomic E-state index is 12.2. The molecule has 1 saturated heterocycles. The van der Waals surface area contributed by atoms with Gasteiger partial charge in [0.05, 0.1) is 12.6 Å². The number of amides is 2. The predicted molar refractivity (Wildman–Crippen MR) is 90.2 cm³/mol. The van der Waals surface area contributed by atoms with Gasteiger partial charge in [0.1, 0.15) is 5.60 Å². The number of ether oxygens (including phenoxy) is 1. The quantitative estimate of drug-likeness (QED) is 0.862. The molecule has 0 saturated carbocycles. The van der Waals surface area contributed by atoms with E-state index in [4.69, 9.17) is 4.74 Å². The number of likely N-dealkylation sites (tertiary alicyclic amines) is 1. The van der Waals surface area contributed by atoms with Crippen molar-refractivity contribution in [3.63, 3.8) is 0 Å². The first-order chi connectivity index (χ1) is 11.3. The molecule has 2 N–H and O–H groups in total. The Morgan fingerprint density at radius 3 is 2.62 bits per heavy atom. The lowest BCUT2D eigenvalue weighted by Gasteiger charge is -2.26. The molecule has 1 heterocycles. The van der Waals surface area contributed by atoms with Crippen LogP contribution < -0.4 is 5.32 Å². The van der Waals surface area contributed by atoms with Gasteiger partial charge >= 0.3 is 6.09 Å². The Morgan fingerprint density at radius 1 is 1.38 bits per heavy atom. The number of rotatable bonds is 5. The molecule has 6 nitrogen and oxygen atoms in total. The summed E-state index contributed by atoms with van der Waals surface area (Å²) in [6, 6.07) is 9.27. The lowest BCUT2D eigenvalue weighted by atomic mass is 9.99. The van der Waals surface area contributed by atoms with E-state index < -0.39 is 17.7 Å². The third-order valence-electron chi connectivity index (χ3n) is 3.93. The van der Waals surface area contributed by atoms with E-state index in [1.165, 1.54) is 0 Å². The second-order valence-corrected chi connectivity index (χ2v) is 7.16. The van der Waals surface area contributed by atoms with Crippen molar-refractivity contribution < 1.29 is 19.4 Å². The molecule has 1 aliphatic heterocycles. The Kier molecular flexibility index (Phi) is 5.83. The van der Waals surface area contributed by atoms with Crippen LogP contribution >= 0.6 is 0 Å². The molecule has 0 spiro atoms. The molecule has 1 fully saturated rings. The van der Waals surface area contributed by atoms with Crippen LogP contribution in [0, 0.1) is 5.92 Å². The molecular formula is C18H26N2O4. The average Bonchev–Trinajstić information content (AvgIpc) is 2.85. The number of nitrogens with one attached hydrogen (secondary N) is 1. The summed E-state index contributed by atoms with van der Waals surface area (Å²) in [6.45, 7) is 6.16. The maximum atomic E-state index is 12.2. The summed E-state index contributed by atoms with van der Waals surface area (Å²) in [4.78, 5) is 25.9. The highest BCUT2D eigenvalue weighted by atomic mass is 16.6. The van der Waals surface area contributed by atoms with E-state index in [1.54, 1.807) is 25.7 Å². The zero-order chi connectivity index (χ0) is 17.7. The van der Waals surface area contributed by atoms with E-state index in [2.05, 4.69) is 5.32 Å². The first-order valence-corrected chi connectivity index (χ1v) is 8.20. The number of aliphatic hydroxyl groups excluding tert-OH is 1. The summed E-state index contributed by atoms with van der Waals surface area (Å²) >= 11 is 0. The summed E-state index contributed by atoms with van der Waals surface area (Å²) < 4.78 is 5.22. The number of benzene rings is 1. The summed E-state index contributed by atoms with van der Waals surface area (Å²) in [6.07, 6.45) is -0.260. The Balaban J connectivity index is 1.93. The van der Waals surface area contributed by atoms with Crippen molar-refractivity contribution in [1.29, 1.82) is 0 Å². The zero-order valence-corrected chi connectivity index (χ0v) is 14.5. The Morgan fingerprint density at radius 2 is 2.04 bits per heavy atom. The van der Waals surface area contributed by atoms with Crippen LogP contribution in [0.2, 0.25) is 0 Å². The molecule has 0 radical (unpaired) electrons. The zero-order valence-electron chi connectivity index (χ0n) is 14.5. The van der Waals surface area contributed by atoms with Crippen LogP contribution in [-0.4, -0.2) is 46.8 Å². The molecule has 1 aromatic carbocycles. The fourth-order valence-corrected chi connectivity index (χ4v) is 2.80. The second kappa shape index (κ2) is 7.66. The van der Waals surface area contributed by atoms with Crippen molar-refractivity contribution in [3.8, 4) is 0 Å². The second-order valence-electron chi connectivity index (χ2n) is 7.16. The van der Waals surface area contributed by atoms with Gasteiger partial charge in [-0.3, -0.25) is 4.79 Å². The fraction of sp³-hybridized carbons (Fsp3) is 0.556. The van der Waals surface area contributed by atoms with Gasteiger partial charge in [-0.05, 0) is 26.3 Å². The minimum Gasteiger partial charge on any atom is -0.444 e. The number of alkyl carbamates (subject to hydrolysis) is 1. The summed E-state index contributed by atoms with van der Waals surface area (Å²) in [5.74, 6) is -0.0907. The van der Waals surface area contributed by atoms with E-state index in [0.29, 0.717) is 19.5 Å². The van der Waals surface area contributed by atoms with E-state index in [9.17, 15) is 14.7 Å². The number of aliphatic hydroxyl groups is 1. The standard InChI is InChI=1S/C18H26N2O4/c1-18(2,3)24-17(23)19-15(12-21)14-9-16(22)20(11-14)10-13-7-5-4-6-8-13/h4-8,14-15,21H,9-12H2,1-3H3,(H,19,23)/t14-,15?/m0/s1. The van der Waals surface area contributed by atoms with Gasteiger partial charge in [-0.15, -0.1) is 0 Å². The molecule has 1 unspecified atom stereocenters. The molecule has 0 bridgehead atoms. The summed E-state index contributed by atoms with van der Waals surface area (Å²) in [5.41, 5.74) is 0.460. The van der Waals surface area contributed by atoms with Crippen LogP contribution in [0.25, 0.3) is 0 Å². The predicted octanol–water partition coefficient (Wildman–Crippen LogP) is 1.92. The molecule has 0 aromatic heterocycles. The monoisotopic (exact) mass is 334 g/mol. The van der Waals surface area contributed by atoms with Crippen LogP contribution in [0.3, 0.4) is 0 Å². The minimum atomic E-state index is -0.602.